The lowest BCUT2D eigenvalue weighted by molar-refractivity contribution is 0.349. The van der Waals surface area contributed by atoms with Gasteiger partial charge >= 0.3 is 0 Å². The average molecular weight is 290 g/mol. The third-order valence-corrected chi connectivity index (χ3v) is 3.21. The van der Waals surface area contributed by atoms with Gasteiger partial charge in [0.1, 0.15) is 5.75 Å². The maximum atomic E-state index is 11.9. The van der Waals surface area contributed by atoms with E-state index >= 15 is 0 Å². The van der Waals surface area contributed by atoms with E-state index in [4.69, 9.17) is 19.9 Å². The van der Waals surface area contributed by atoms with Crippen LogP contribution in [0, 0.1) is 0 Å². The van der Waals surface area contributed by atoms with E-state index < -0.39 is 0 Å². The fraction of sp³-hybridized carbons (Fsp3) is 0.267. The Labute approximate surface area is 122 Å². The number of methoxy groups -OCH3 is 3. The number of nitrogens with two attached hydrogens (primary N) is 1. The molecule has 0 aliphatic rings. The highest BCUT2D eigenvalue weighted by atomic mass is 16.5. The molecule has 0 spiro atoms. The minimum Gasteiger partial charge on any atom is -0.496 e. The largest absolute Gasteiger partial charge is 0.496 e. The van der Waals surface area contributed by atoms with E-state index in [2.05, 4.69) is 4.98 Å². The van der Waals surface area contributed by atoms with Crippen LogP contribution in [-0.2, 0) is 6.54 Å². The van der Waals surface area contributed by atoms with Crippen LogP contribution in [0.4, 0.5) is 0 Å². The summed E-state index contributed by atoms with van der Waals surface area (Å²) in [6.07, 6.45) is 0. The van der Waals surface area contributed by atoms with Gasteiger partial charge in [0.05, 0.1) is 27.0 Å². The van der Waals surface area contributed by atoms with Crippen molar-refractivity contribution in [3.63, 3.8) is 0 Å². The van der Waals surface area contributed by atoms with Crippen LogP contribution in [0.5, 0.6) is 17.2 Å². The Hall–Kier alpha value is -2.47. The molecule has 0 amide bonds. The molecule has 0 unspecified atom stereocenters. The van der Waals surface area contributed by atoms with Gasteiger partial charge < -0.3 is 24.9 Å². The number of aromatic nitrogens is 1. The van der Waals surface area contributed by atoms with Gasteiger partial charge in [0.15, 0.2) is 11.5 Å². The number of ether oxygens (including phenoxy) is 3. The number of nitrogens with one attached hydrogen (secondary N) is 1. The van der Waals surface area contributed by atoms with Crippen LogP contribution in [0.3, 0.4) is 0 Å². The first-order valence-corrected chi connectivity index (χ1v) is 6.37. The molecule has 0 aliphatic heterocycles. The topological polar surface area (TPSA) is 86.6 Å². The monoisotopic (exact) mass is 290 g/mol. The summed E-state index contributed by atoms with van der Waals surface area (Å²) in [5, 5.41) is 0. The van der Waals surface area contributed by atoms with Crippen molar-refractivity contribution in [2.24, 2.45) is 5.73 Å². The van der Waals surface area contributed by atoms with Crippen molar-refractivity contribution in [2.75, 3.05) is 21.3 Å². The molecule has 0 radical (unpaired) electrons. The zero-order chi connectivity index (χ0) is 15.4. The van der Waals surface area contributed by atoms with E-state index in [1.54, 1.807) is 45.6 Å². The summed E-state index contributed by atoms with van der Waals surface area (Å²) in [7, 11) is 4.65. The summed E-state index contributed by atoms with van der Waals surface area (Å²) in [6.45, 7) is 0.193. The third kappa shape index (κ3) is 2.85. The Kier molecular flexibility index (Phi) is 4.49. The van der Waals surface area contributed by atoms with Crippen LogP contribution >= 0.6 is 0 Å². The summed E-state index contributed by atoms with van der Waals surface area (Å²) >= 11 is 0. The molecule has 0 aliphatic carbocycles. The maximum Gasteiger partial charge on any atom is 0.252 e. The van der Waals surface area contributed by atoms with Crippen LogP contribution in [0.25, 0.3) is 11.3 Å². The van der Waals surface area contributed by atoms with Gasteiger partial charge in [-0.3, -0.25) is 4.79 Å². The van der Waals surface area contributed by atoms with E-state index in [1.165, 1.54) is 0 Å². The summed E-state index contributed by atoms with van der Waals surface area (Å²) < 4.78 is 15.9. The first kappa shape index (κ1) is 14.9. The maximum absolute atomic E-state index is 11.9. The molecule has 0 bridgehead atoms. The molecule has 21 heavy (non-hydrogen) atoms. The third-order valence-electron chi connectivity index (χ3n) is 3.21. The molecular weight excluding hydrogens is 272 g/mol. The van der Waals surface area contributed by atoms with Crippen LogP contribution < -0.4 is 25.5 Å². The fourth-order valence-corrected chi connectivity index (χ4v) is 2.06. The van der Waals surface area contributed by atoms with Gasteiger partial charge in [-0.25, -0.2) is 0 Å². The lowest BCUT2D eigenvalue weighted by Gasteiger charge is -2.14. The summed E-state index contributed by atoms with van der Waals surface area (Å²) in [6, 6.07) is 6.95. The summed E-state index contributed by atoms with van der Waals surface area (Å²) in [4.78, 5) is 14.7. The molecule has 6 nitrogen and oxygen atoms in total. The number of aromatic amines is 1. The number of hydrogen-bond donors (Lipinski definition) is 2. The van der Waals surface area contributed by atoms with Crippen LogP contribution in [0.15, 0.2) is 29.1 Å². The highest BCUT2D eigenvalue weighted by molar-refractivity contribution is 5.71. The molecule has 2 rings (SSSR count). The van der Waals surface area contributed by atoms with E-state index in [1.807, 2.05) is 0 Å². The highest BCUT2D eigenvalue weighted by Crippen LogP contribution is 2.39. The Morgan fingerprint density at radius 1 is 1.00 bits per heavy atom. The number of rotatable bonds is 5. The molecule has 0 atom stereocenters. The van der Waals surface area contributed by atoms with Gasteiger partial charge in [0.25, 0.3) is 5.56 Å². The van der Waals surface area contributed by atoms with Crippen molar-refractivity contribution in [2.45, 2.75) is 6.54 Å². The van der Waals surface area contributed by atoms with Crippen molar-refractivity contribution in [3.8, 4) is 28.5 Å². The fourth-order valence-electron chi connectivity index (χ4n) is 2.06. The number of hydrogen-bond acceptors (Lipinski definition) is 5. The van der Waals surface area contributed by atoms with E-state index in [0.29, 0.717) is 34.1 Å². The molecular formula is C15H18N2O4. The minimum absolute atomic E-state index is 0.193. The van der Waals surface area contributed by atoms with Crippen molar-refractivity contribution in [1.29, 1.82) is 0 Å². The van der Waals surface area contributed by atoms with Crippen LogP contribution in [0.1, 0.15) is 5.56 Å². The lowest BCUT2D eigenvalue weighted by atomic mass is 10.1. The standard InChI is InChI=1S/C15H18N2O4/c1-19-12-7-14(21-3)13(20-2)6-10(12)11-5-4-9(8-16)15(18)17-11/h4-7H,8,16H2,1-3H3,(H,17,18). The number of H-pyrrole nitrogens is 1. The SMILES string of the molecule is COc1cc(OC)c(-c2ccc(CN)c(=O)[nH]2)cc1OC. The summed E-state index contributed by atoms with van der Waals surface area (Å²) in [5.41, 5.74) is 7.13. The number of benzene rings is 1. The zero-order valence-electron chi connectivity index (χ0n) is 12.2. The Morgan fingerprint density at radius 2 is 1.62 bits per heavy atom. The zero-order valence-corrected chi connectivity index (χ0v) is 12.2. The molecule has 0 saturated heterocycles. The first-order valence-electron chi connectivity index (χ1n) is 6.37. The molecule has 0 saturated carbocycles. The predicted molar refractivity (Wildman–Crippen MR) is 80.0 cm³/mol. The first-order chi connectivity index (χ1) is 10.1. The van der Waals surface area contributed by atoms with Gasteiger partial charge in [0.2, 0.25) is 0 Å². The Balaban J connectivity index is 2.62. The second-order valence-electron chi connectivity index (χ2n) is 4.34. The predicted octanol–water partition coefficient (Wildman–Crippen LogP) is 1.53. The van der Waals surface area contributed by atoms with Gasteiger partial charge in [-0.2, -0.15) is 0 Å². The van der Waals surface area contributed by atoms with Gasteiger partial charge in [-0.15, -0.1) is 0 Å². The lowest BCUT2D eigenvalue weighted by Crippen LogP contribution is -2.16. The Bertz CT molecular complexity index is 695. The van der Waals surface area contributed by atoms with Crippen LogP contribution in [0.2, 0.25) is 0 Å². The smallest absolute Gasteiger partial charge is 0.252 e. The van der Waals surface area contributed by atoms with Crippen molar-refractivity contribution < 1.29 is 14.2 Å². The summed E-state index contributed by atoms with van der Waals surface area (Å²) in [5.74, 6) is 1.68. The normalized spacial score (nSPS) is 10.3. The second kappa shape index (κ2) is 6.32. The molecule has 3 N–H and O–H groups in total. The van der Waals surface area contributed by atoms with E-state index in [0.717, 1.165) is 0 Å². The van der Waals surface area contributed by atoms with Crippen molar-refractivity contribution in [3.05, 3.63) is 40.2 Å². The minimum atomic E-state index is -0.216. The molecule has 1 aromatic heterocycles. The molecule has 6 heteroatoms. The highest BCUT2D eigenvalue weighted by Gasteiger charge is 2.14. The molecule has 0 fully saturated rings. The Morgan fingerprint density at radius 3 is 2.14 bits per heavy atom. The van der Waals surface area contributed by atoms with Crippen molar-refractivity contribution in [1.82, 2.24) is 4.98 Å². The average Bonchev–Trinajstić information content (AvgIpc) is 2.53. The van der Waals surface area contributed by atoms with Crippen molar-refractivity contribution >= 4 is 0 Å². The van der Waals surface area contributed by atoms with E-state index in [9.17, 15) is 4.79 Å². The molecule has 1 aromatic carbocycles. The number of pyridine rings is 1. The van der Waals surface area contributed by atoms with Gasteiger partial charge in [-0.05, 0) is 12.1 Å². The second-order valence-corrected chi connectivity index (χ2v) is 4.34. The van der Waals surface area contributed by atoms with E-state index in [-0.39, 0.29) is 12.1 Å². The molecule has 2 aromatic rings. The molecule has 1 heterocycles. The molecule has 112 valence electrons. The quantitative estimate of drug-likeness (QED) is 0.872. The van der Waals surface area contributed by atoms with Gasteiger partial charge in [0, 0.05) is 23.7 Å². The van der Waals surface area contributed by atoms with Crippen LogP contribution in [-0.4, -0.2) is 26.3 Å². The van der Waals surface area contributed by atoms with Gasteiger partial charge in [-0.1, -0.05) is 6.07 Å².